The third kappa shape index (κ3) is 2.51. The van der Waals surface area contributed by atoms with E-state index in [9.17, 15) is 0 Å². The third-order valence-electron chi connectivity index (χ3n) is 2.16. The van der Waals surface area contributed by atoms with E-state index in [1.807, 2.05) is 11.8 Å². The molecule has 0 amide bonds. The Labute approximate surface area is 92.7 Å². The lowest BCUT2D eigenvalue weighted by Crippen LogP contribution is -2.19. The summed E-state index contributed by atoms with van der Waals surface area (Å²) in [7, 11) is 0. The number of anilines is 1. The van der Waals surface area contributed by atoms with Crippen molar-refractivity contribution in [2.45, 2.75) is 24.6 Å². The van der Waals surface area contributed by atoms with Crippen LogP contribution >= 0.6 is 23.4 Å². The largest absolute Gasteiger partial charge is 0.365 e. The van der Waals surface area contributed by atoms with Crippen LogP contribution in [-0.4, -0.2) is 27.0 Å². The van der Waals surface area contributed by atoms with Gasteiger partial charge in [0.05, 0.1) is 12.4 Å². The molecule has 2 atom stereocenters. The topological polar surface area (TPSA) is 37.8 Å². The first-order valence-electron chi connectivity index (χ1n) is 4.60. The van der Waals surface area contributed by atoms with E-state index in [1.165, 1.54) is 6.42 Å². The molecule has 0 aliphatic carbocycles. The van der Waals surface area contributed by atoms with Gasteiger partial charge < -0.3 is 5.32 Å². The minimum Gasteiger partial charge on any atom is -0.365 e. The Morgan fingerprint density at radius 1 is 1.57 bits per heavy atom. The van der Waals surface area contributed by atoms with Crippen LogP contribution in [-0.2, 0) is 0 Å². The summed E-state index contributed by atoms with van der Waals surface area (Å²) in [6, 6.07) is 0.503. The van der Waals surface area contributed by atoms with E-state index < -0.39 is 0 Å². The third-order valence-corrected chi connectivity index (χ3v) is 3.69. The normalized spacial score (nSPS) is 26.4. The fourth-order valence-corrected chi connectivity index (χ4v) is 2.83. The lowest BCUT2D eigenvalue weighted by atomic mass is 10.2. The lowest BCUT2D eigenvalue weighted by molar-refractivity contribution is 0.742. The van der Waals surface area contributed by atoms with Gasteiger partial charge in [-0.05, 0) is 6.42 Å². The number of thioether (sulfide) groups is 1. The predicted octanol–water partition coefficient (Wildman–Crippen LogP) is 2.44. The summed E-state index contributed by atoms with van der Waals surface area (Å²) in [5.74, 6) is 1.91. The van der Waals surface area contributed by atoms with Crippen molar-refractivity contribution in [1.29, 1.82) is 0 Å². The second kappa shape index (κ2) is 4.36. The van der Waals surface area contributed by atoms with Gasteiger partial charge in [0, 0.05) is 17.0 Å². The van der Waals surface area contributed by atoms with Crippen LogP contribution < -0.4 is 5.32 Å². The Morgan fingerprint density at radius 2 is 2.43 bits per heavy atom. The van der Waals surface area contributed by atoms with Gasteiger partial charge in [-0.25, -0.2) is 4.98 Å². The summed E-state index contributed by atoms with van der Waals surface area (Å²) in [4.78, 5) is 8.13. The van der Waals surface area contributed by atoms with Crippen LogP contribution in [0.1, 0.15) is 13.3 Å². The Hall–Kier alpha value is -0.480. The molecular weight excluding hydrogens is 218 g/mol. The predicted molar refractivity (Wildman–Crippen MR) is 61.0 cm³/mol. The van der Waals surface area contributed by atoms with Crippen LogP contribution in [0, 0.1) is 0 Å². The quantitative estimate of drug-likeness (QED) is 0.846. The fourth-order valence-electron chi connectivity index (χ4n) is 1.54. The molecular formula is C9H12ClN3S. The van der Waals surface area contributed by atoms with Gasteiger partial charge in [-0.2, -0.15) is 11.8 Å². The van der Waals surface area contributed by atoms with Gasteiger partial charge in [0.1, 0.15) is 11.0 Å². The average Bonchev–Trinajstić information content (AvgIpc) is 2.51. The molecule has 1 N–H and O–H groups in total. The number of hydrogen-bond acceptors (Lipinski definition) is 4. The maximum Gasteiger partial charge on any atom is 0.149 e. The number of aromatic nitrogens is 2. The lowest BCUT2D eigenvalue weighted by Gasteiger charge is -2.11. The summed E-state index contributed by atoms with van der Waals surface area (Å²) in [6.45, 7) is 2.25. The Bertz CT molecular complexity index is 321. The SMILES string of the molecule is CC1CC(Nc2cncc(Cl)n2)CS1. The van der Waals surface area contributed by atoms with Gasteiger partial charge in [-0.1, -0.05) is 18.5 Å². The summed E-state index contributed by atoms with van der Waals surface area (Å²) < 4.78 is 0. The molecule has 0 saturated carbocycles. The molecule has 3 nitrogen and oxygen atoms in total. The van der Waals surface area contributed by atoms with E-state index in [0.717, 1.165) is 16.8 Å². The molecule has 14 heavy (non-hydrogen) atoms. The van der Waals surface area contributed by atoms with E-state index in [1.54, 1.807) is 12.4 Å². The van der Waals surface area contributed by atoms with E-state index in [4.69, 9.17) is 11.6 Å². The molecule has 1 saturated heterocycles. The summed E-state index contributed by atoms with van der Waals surface area (Å²) in [6.07, 6.45) is 4.43. The molecule has 1 aromatic rings. The molecule has 0 spiro atoms. The molecule has 1 fully saturated rings. The van der Waals surface area contributed by atoms with Crippen LogP contribution in [0.2, 0.25) is 5.15 Å². The van der Waals surface area contributed by atoms with Crippen LogP contribution in [0.4, 0.5) is 5.82 Å². The highest BCUT2D eigenvalue weighted by Gasteiger charge is 2.21. The maximum atomic E-state index is 5.74. The first-order valence-corrected chi connectivity index (χ1v) is 6.02. The van der Waals surface area contributed by atoms with Crippen LogP contribution in [0.5, 0.6) is 0 Å². The van der Waals surface area contributed by atoms with Gasteiger partial charge in [-0.15, -0.1) is 0 Å². The van der Waals surface area contributed by atoms with Crippen LogP contribution in [0.3, 0.4) is 0 Å². The first kappa shape index (κ1) is 10.1. The van der Waals surface area contributed by atoms with Crippen molar-refractivity contribution in [3.8, 4) is 0 Å². The molecule has 1 aromatic heterocycles. The summed E-state index contributed by atoms with van der Waals surface area (Å²) in [5, 5.41) is 4.51. The molecule has 2 unspecified atom stereocenters. The Kier molecular flexibility index (Phi) is 3.13. The number of halogens is 1. The van der Waals surface area contributed by atoms with Crippen LogP contribution in [0.15, 0.2) is 12.4 Å². The fraction of sp³-hybridized carbons (Fsp3) is 0.556. The van der Waals surface area contributed by atoms with Crippen molar-refractivity contribution in [3.63, 3.8) is 0 Å². The van der Waals surface area contributed by atoms with Gasteiger partial charge in [0.25, 0.3) is 0 Å². The van der Waals surface area contributed by atoms with E-state index >= 15 is 0 Å². The summed E-state index contributed by atoms with van der Waals surface area (Å²) in [5.41, 5.74) is 0. The average molecular weight is 230 g/mol. The number of nitrogens with one attached hydrogen (secondary N) is 1. The number of hydrogen-bond donors (Lipinski definition) is 1. The molecule has 0 radical (unpaired) electrons. The van der Waals surface area contributed by atoms with E-state index in [2.05, 4.69) is 22.2 Å². The van der Waals surface area contributed by atoms with Crippen molar-refractivity contribution in [2.24, 2.45) is 0 Å². The molecule has 2 rings (SSSR count). The highest BCUT2D eigenvalue weighted by Crippen LogP contribution is 2.27. The minimum atomic E-state index is 0.439. The number of rotatable bonds is 2. The highest BCUT2D eigenvalue weighted by atomic mass is 35.5. The summed E-state index contributed by atoms with van der Waals surface area (Å²) >= 11 is 7.73. The highest BCUT2D eigenvalue weighted by molar-refractivity contribution is 8.00. The Morgan fingerprint density at radius 3 is 3.07 bits per heavy atom. The van der Waals surface area contributed by atoms with Crippen molar-refractivity contribution in [2.75, 3.05) is 11.1 Å². The molecule has 2 heterocycles. The van der Waals surface area contributed by atoms with Crippen molar-refractivity contribution >= 4 is 29.2 Å². The van der Waals surface area contributed by atoms with Gasteiger partial charge in [0.15, 0.2) is 0 Å². The van der Waals surface area contributed by atoms with Gasteiger partial charge in [0.2, 0.25) is 0 Å². The van der Waals surface area contributed by atoms with Crippen molar-refractivity contribution in [3.05, 3.63) is 17.5 Å². The zero-order chi connectivity index (χ0) is 9.97. The minimum absolute atomic E-state index is 0.439. The molecule has 5 heteroatoms. The Balaban J connectivity index is 1.97. The molecule has 1 aliphatic rings. The molecule has 1 aliphatic heterocycles. The zero-order valence-electron chi connectivity index (χ0n) is 7.90. The number of nitrogens with zero attached hydrogens (tertiary/aromatic N) is 2. The zero-order valence-corrected chi connectivity index (χ0v) is 9.48. The van der Waals surface area contributed by atoms with Gasteiger partial charge in [-0.3, -0.25) is 4.98 Å². The smallest absolute Gasteiger partial charge is 0.149 e. The molecule has 0 bridgehead atoms. The standard InChI is InChI=1S/C9H12ClN3S/c1-6-2-7(5-14-6)12-9-4-11-3-8(10)13-9/h3-4,6-7H,2,5H2,1H3,(H,12,13). The molecule has 76 valence electrons. The van der Waals surface area contributed by atoms with E-state index in [-0.39, 0.29) is 0 Å². The van der Waals surface area contributed by atoms with Crippen LogP contribution in [0.25, 0.3) is 0 Å². The van der Waals surface area contributed by atoms with E-state index in [0.29, 0.717) is 11.2 Å². The monoisotopic (exact) mass is 229 g/mol. The second-order valence-corrected chi connectivity index (χ2v) is 5.31. The second-order valence-electron chi connectivity index (χ2n) is 3.45. The van der Waals surface area contributed by atoms with Crippen molar-refractivity contribution in [1.82, 2.24) is 9.97 Å². The van der Waals surface area contributed by atoms with Gasteiger partial charge >= 0.3 is 0 Å². The van der Waals surface area contributed by atoms with Crippen molar-refractivity contribution < 1.29 is 0 Å². The first-order chi connectivity index (χ1) is 6.74. The maximum absolute atomic E-state index is 5.74. The molecule has 0 aromatic carbocycles.